The lowest BCUT2D eigenvalue weighted by molar-refractivity contribution is -0.141. The van der Waals surface area contributed by atoms with Crippen LogP contribution in [0.4, 0.5) is 0 Å². The molecule has 5 nitrogen and oxygen atoms in total. The second-order valence-corrected chi connectivity index (χ2v) is 6.84. The average Bonchev–Trinajstić information content (AvgIpc) is 2.98. The molecule has 1 aliphatic carbocycles. The largest absolute Gasteiger partial charge is 0.449 e. The van der Waals surface area contributed by atoms with E-state index >= 15 is 0 Å². The molecule has 1 heterocycles. The number of fused-ring (bicyclic) bond motifs is 1. The number of carbonyl (C=O) groups excluding carboxylic acids is 2. The minimum absolute atomic E-state index is 0.158. The van der Waals surface area contributed by atoms with Crippen LogP contribution >= 0.6 is 0 Å². The number of carbonyl (C=O) groups is 2. The van der Waals surface area contributed by atoms with Crippen molar-refractivity contribution in [1.29, 1.82) is 0 Å². The monoisotopic (exact) mass is 343 g/mol. The number of esters is 1. The first-order valence-electron chi connectivity index (χ1n) is 8.95. The van der Waals surface area contributed by atoms with Crippen LogP contribution in [0.5, 0.6) is 0 Å². The Morgan fingerprint density at radius 3 is 2.56 bits per heavy atom. The number of para-hydroxylation sites is 1. The maximum Gasteiger partial charge on any atom is 0.375 e. The average molecular weight is 343 g/mol. The molecule has 0 unspecified atom stereocenters. The van der Waals surface area contributed by atoms with Gasteiger partial charge >= 0.3 is 5.97 Å². The van der Waals surface area contributed by atoms with E-state index < -0.39 is 12.1 Å². The lowest BCUT2D eigenvalue weighted by Crippen LogP contribution is -2.44. The van der Waals surface area contributed by atoms with Gasteiger partial charge in [-0.15, -0.1) is 0 Å². The first-order chi connectivity index (χ1) is 12.0. The third-order valence-electron chi connectivity index (χ3n) is 5.13. The number of hydrogen-bond acceptors (Lipinski definition) is 4. The molecule has 0 aliphatic heterocycles. The molecule has 1 aromatic heterocycles. The van der Waals surface area contributed by atoms with Gasteiger partial charge in [-0.05, 0) is 32.8 Å². The van der Waals surface area contributed by atoms with Crippen LogP contribution in [0.3, 0.4) is 0 Å². The molecule has 0 saturated heterocycles. The van der Waals surface area contributed by atoms with Crippen LogP contribution < -0.4 is 0 Å². The summed E-state index contributed by atoms with van der Waals surface area (Å²) in [5, 5.41) is 0.882. The van der Waals surface area contributed by atoms with Gasteiger partial charge in [0.15, 0.2) is 6.10 Å². The smallest absolute Gasteiger partial charge is 0.375 e. The highest BCUT2D eigenvalue weighted by molar-refractivity contribution is 5.97. The quantitative estimate of drug-likeness (QED) is 0.785. The molecule has 2 aromatic rings. The zero-order valence-electron chi connectivity index (χ0n) is 15.1. The number of amides is 1. The molecule has 1 amide bonds. The van der Waals surface area contributed by atoms with Crippen molar-refractivity contribution in [3.05, 3.63) is 35.6 Å². The van der Waals surface area contributed by atoms with Gasteiger partial charge in [-0.2, -0.15) is 0 Å². The molecular weight excluding hydrogens is 318 g/mol. The van der Waals surface area contributed by atoms with Crippen molar-refractivity contribution < 1.29 is 18.7 Å². The Kier molecular flexibility index (Phi) is 5.11. The molecule has 25 heavy (non-hydrogen) atoms. The highest BCUT2D eigenvalue weighted by Gasteiger charge is 2.29. The predicted octanol–water partition coefficient (Wildman–Crippen LogP) is 4.08. The second-order valence-electron chi connectivity index (χ2n) is 6.84. The summed E-state index contributed by atoms with van der Waals surface area (Å²) in [6.07, 6.45) is 4.74. The maximum absolute atomic E-state index is 12.6. The molecule has 1 fully saturated rings. The van der Waals surface area contributed by atoms with Gasteiger partial charge in [-0.25, -0.2) is 4.79 Å². The molecule has 1 atom stereocenters. The minimum Gasteiger partial charge on any atom is -0.449 e. The number of benzene rings is 1. The van der Waals surface area contributed by atoms with Gasteiger partial charge in [0, 0.05) is 24.0 Å². The highest BCUT2D eigenvalue weighted by Crippen LogP contribution is 2.26. The molecule has 0 radical (unpaired) electrons. The van der Waals surface area contributed by atoms with Crippen molar-refractivity contribution in [3.63, 3.8) is 0 Å². The fraction of sp³-hybridized carbons (Fsp3) is 0.500. The Labute approximate surface area is 147 Å². The Morgan fingerprint density at radius 2 is 1.88 bits per heavy atom. The SMILES string of the molecule is Cc1c(C(=O)O[C@@H](C)C(=O)N(C)C2CCCCC2)oc2ccccc12. The minimum atomic E-state index is -0.827. The Hall–Kier alpha value is -2.30. The first kappa shape index (κ1) is 17.5. The van der Waals surface area contributed by atoms with Crippen LogP contribution in [0.2, 0.25) is 0 Å². The van der Waals surface area contributed by atoms with Crippen LogP contribution in [-0.4, -0.2) is 36.0 Å². The van der Waals surface area contributed by atoms with Gasteiger partial charge in [0.1, 0.15) is 5.58 Å². The van der Waals surface area contributed by atoms with Crippen LogP contribution in [-0.2, 0) is 9.53 Å². The zero-order chi connectivity index (χ0) is 18.0. The summed E-state index contributed by atoms with van der Waals surface area (Å²) in [4.78, 5) is 26.8. The summed E-state index contributed by atoms with van der Waals surface area (Å²) in [6, 6.07) is 7.70. The van der Waals surface area contributed by atoms with E-state index in [9.17, 15) is 9.59 Å². The maximum atomic E-state index is 12.6. The van der Waals surface area contributed by atoms with E-state index in [2.05, 4.69) is 0 Å². The lowest BCUT2D eigenvalue weighted by atomic mass is 9.94. The zero-order valence-corrected chi connectivity index (χ0v) is 15.1. The van der Waals surface area contributed by atoms with Gasteiger partial charge in [0.25, 0.3) is 5.91 Å². The summed E-state index contributed by atoms with van der Waals surface area (Å²) in [5.74, 6) is -0.582. The van der Waals surface area contributed by atoms with Crippen LogP contribution in [0, 0.1) is 6.92 Å². The van der Waals surface area contributed by atoms with E-state index in [4.69, 9.17) is 9.15 Å². The van der Waals surface area contributed by atoms with Gasteiger partial charge in [0.2, 0.25) is 5.76 Å². The summed E-state index contributed by atoms with van der Waals surface area (Å²) in [7, 11) is 1.80. The summed E-state index contributed by atoms with van der Waals surface area (Å²) >= 11 is 0. The number of aryl methyl sites for hydroxylation is 1. The topological polar surface area (TPSA) is 59.8 Å². The summed E-state index contributed by atoms with van der Waals surface area (Å²) in [6.45, 7) is 3.45. The van der Waals surface area contributed by atoms with Crippen molar-refractivity contribution in [2.24, 2.45) is 0 Å². The molecule has 1 saturated carbocycles. The molecule has 0 N–H and O–H groups in total. The molecule has 134 valence electrons. The van der Waals surface area contributed by atoms with E-state index in [-0.39, 0.29) is 17.7 Å². The Bertz CT molecular complexity index is 773. The van der Waals surface area contributed by atoms with Crippen LogP contribution in [0.15, 0.2) is 28.7 Å². The Morgan fingerprint density at radius 1 is 1.20 bits per heavy atom. The molecule has 1 aromatic carbocycles. The van der Waals surface area contributed by atoms with E-state index in [0.717, 1.165) is 36.6 Å². The Balaban J connectivity index is 1.68. The van der Waals surface area contributed by atoms with E-state index in [1.54, 1.807) is 18.9 Å². The summed E-state index contributed by atoms with van der Waals surface area (Å²) in [5.41, 5.74) is 1.38. The van der Waals surface area contributed by atoms with Crippen molar-refractivity contribution in [2.75, 3.05) is 7.05 Å². The first-order valence-corrected chi connectivity index (χ1v) is 8.95. The number of nitrogens with zero attached hydrogens (tertiary/aromatic N) is 1. The standard InChI is InChI=1S/C20H25NO4/c1-13-16-11-7-8-12-17(16)25-18(13)20(23)24-14(2)19(22)21(3)15-9-5-4-6-10-15/h7-8,11-12,14-15H,4-6,9-10H2,1-3H3/t14-/m0/s1. The van der Waals surface area contributed by atoms with Gasteiger partial charge in [0.05, 0.1) is 0 Å². The van der Waals surface area contributed by atoms with E-state index in [1.807, 2.05) is 31.2 Å². The van der Waals surface area contributed by atoms with Crippen LogP contribution in [0.25, 0.3) is 11.0 Å². The molecule has 1 aliphatic rings. The second kappa shape index (κ2) is 7.30. The lowest BCUT2D eigenvalue weighted by Gasteiger charge is -2.32. The molecular formula is C20H25NO4. The van der Waals surface area contributed by atoms with E-state index in [0.29, 0.717) is 5.58 Å². The number of ether oxygens (including phenoxy) is 1. The van der Waals surface area contributed by atoms with Crippen LogP contribution in [0.1, 0.15) is 55.1 Å². The summed E-state index contributed by atoms with van der Waals surface area (Å²) < 4.78 is 11.0. The third-order valence-corrected chi connectivity index (χ3v) is 5.13. The fourth-order valence-electron chi connectivity index (χ4n) is 3.57. The van der Waals surface area contributed by atoms with Crippen molar-refractivity contribution in [3.8, 4) is 0 Å². The van der Waals surface area contributed by atoms with Crippen molar-refractivity contribution >= 4 is 22.8 Å². The van der Waals surface area contributed by atoms with E-state index in [1.165, 1.54) is 6.42 Å². The molecule has 0 spiro atoms. The number of likely N-dealkylation sites (N-methyl/N-ethyl adjacent to an activating group) is 1. The van der Waals surface area contributed by atoms with Gasteiger partial charge in [-0.1, -0.05) is 37.5 Å². The predicted molar refractivity (Wildman–Crippen MR) is 95.5 cm³/mol. The fourth-order valence-corrected chi connectivity index (χ4v) is 3.57. The number of hydrogen-bond donors (Lipinski definition) is 0. The van der Waals surface area contributed by atoms with Crippen molar-refractivity contribution in [2.45, 2.75) is 58.1 Å². The number of furan rings is 1. The normalized spacial score (nSPS) is 16.6. The highest BCUT2D eigenvalue weighted by atomic mass is 16.6. The number of rotatable bonds is 4. The third kappa shape index (κ3) is 3.55. The molecule has 0 bridgehead atoms. The molecule has 5 heteroatoms. The molecule has 3 rings (SSSR count). The van der Waals surface area contributed by atoms with Gasteiger partial charge in [-0.3, -0.25) is 4.79 Å². The van der Waals surface area contributed by atoms with Gasteiger partial charge < -0.3 is 14.1 Å². The van der Waals surface area contributed by atoms with Crippen molar-refractivity contribution in [1.82, 2.24) is 4.90 Å².